The third kappa shape index (κ3) is 11.2. The number of hydrogen-bond donors (Lipinski definition) is 0. The standard InChI is InChI=1S/C21H34O3/c1-3-4-5-6-10-13-16-19-20(24-19)17-14-11-8-7-9-12-15-18-21(22)23-2/h7-9,12,15,18-20H,3-6,10-11,13-14,16-17H2,1-2H3. The Morgan fingerprint density at radius 3 is 2.33 bits per heavy atom. The number of esters is 1. The number of rotatable bonds is 14. The number of unbranched alkanes of at least 4 members (excludes halogenated alkanes) is 6. The lowest BCUT2D eigenvalue weighted by Gasteiger charge is -1.98. The van der Waals surface area contributed by atoms with Crippen LogP contribution in [0.15, 0.2) is 36.5 Å². The molecule has 1 aliphatic rings. The number of carbonyl (C=O) groups is 1. The van der Waals surface area contributed by atoms with Crippen LogP contribution in [0.3, 0.4) is 0 Å². The summed E-state index contributed by atoms with van der Waals surface area (Å²) in [7, 11) is 1.37. The predicted octanol–water partition coefficient (Wildman–Crippen LogP) is 5.52. The molecule has 3 nitrogen and oxygen atoms in total. The van der Waals surface area contributed by atoms with E-state index in [-0.39, 0.29) is 5.97 Å². The molecule has 0 aromatic rings. The molecule has 0 saturated carbocycles. The van der Waals surface area contributed by atoms with Gasteiger partial charge in [-0.3, -0.25) is 0 Å². The van der Waals surface area contributed by atoms with Crippen LogP contribution in [0.4, 0.5) is 0 Å². The quantitative estimate of drug-likeness (QED) is 0.138. The Bertz CT molecular complexity index is 409. The zero-order chi connectivity index (χ0) is 17.5. The fraction of sp³-hybridized carbons (Fsp3) is 0.667. The monoisotopic (exact) mass is 334 g/mol. The van der Waals surface area contributed by atoms with Crippen LogP contribution < -0.4 is 0 Å². The SMILES string of the molecule is CCCCCCCCC1OC1CCCC=CC=CC=CC(=O)OC. The number of allylic oxidation sites excluding steroid dienone is 5. The van der Waals surface area contributed by atoms with E-state index in [0.29, 0.717) is 12.2 Å². The number of carbonyl (C=O) groups excluding carboxylic acids is 1. The second-order valence-electron chi connectivity index (χ2n) is 6.40. The van der Waals surface area contributed by atoms with E-state index >= 15 is 0 Å². The summed E-state index contributed by atoms with van der Waals surface area (Å²) in [6.45, 7) is 2.26. The Labute approximate surface area is 147 Å². The van der Waals surface area contributed by atoms with Crippen molar-refractivity contribution >= 4 is 5.97 Å². The zero-order valence-electron chi connectivity index (χ0n) is 15.4. The first-order valence-electron chi connectivity index (χ1n) is 9.51. The van der Waals surface area contributed by atoms with Gasteiger partial charge in [0.15, 0.2) is 0 Å². The van der Waals surface area contributed by atoms with E-state index < -0.39 is 0 Å². The van der Waals surface area contributed by atoms with Crippen molar-refractivity contribution in [2.75, 3.05) is 7.11 Å². The number of methoxy groups -OCH3 is 1. The molecule has 136 valence electrons. The zero-order valence-corrected chi connectivity index (χ0v) is 15.4. The van der Waals surface area contributed by atoms with Crippen LogP contribution >= 0.6 is 0 Å². The molecule has 1 fully saturated rings. The molecule has 0 spiro atoms. The minimum atomic E-state index is -0.330. The van der Waals surface area contributed by atoms with Gasteiger partial charge in [0.25, 0.3) is 0 Å². The van der Waals surface area contributed by atoms with Gasteiger partial charge in [0.1, 0.15) is 0 Å². The summed E-state index contributed by atoms with van der Waals surface area (Å²) in [5.41, 5.74) is 0. The first kappa shape index (κ1) is 20.7. The summed E-state index contributed by atoms with van der Waals surface area (Å²) in [6.07, 6.45) is 24.9. The van der Waals surface area contributed by atoms with Crippen LogP contribution in [-0.2, 0) is 14.3 Å². The third-order valence-electron chi connectivity index (χ3n) is 4.29. The molecule has 3 heteroatoms. The molecule has 2 unspecified atom stereocenters. The fourth-order valence-corrected chi connectivity index (χ4v) is 2.76. The Balaban J connectivity index is 1.90. The maximum absolute atomic E-state index is 10.8. The summed E-state index contributed by atoms with van der Waals surface area (Å²) in [6, 6.07) is 0. The van der Waals surface area contributed by atoms with Crippen molar-refractivity contribution < 1.29 is 14.3 Å². The summed E-state index contributed by atoms with van der Waals surface area (Å²) in [4.78, 5) is 10.8. The molecule has 24 heavy (non-hydrogen) atoms. The van der Waals surface area contributed by atoms with E-state index in [4.69, 9.17) is 4.74 Å². The van der Waals surface area contributed by atoms with Crippen LogP contribution in [0.1, 0.15) is 71.1 Å². The number of ether oxygens (including phenoxy) is 2. The predicted molar refractivity (Wildman–Crippen MR) is 99.9 cm³/mol. The summed E-state index contributed by atoms with van der Waals surface area (Å²) in [5.74, 6) is -0.330. The van der Waals surface area contributed by atoms with Crippen molar-refractivity contribution in [1.82, 2.24) is 0 Å². The minimum absolute atomic E-state index is 0.330. The maximum Gasteiger partial charge on any atom is 0.330 e. The van der Waals surface area contributed by atoms with Gasteiger partial charge in [0.05, 0.1) is 19.3 Å². The average Bonchev–Trinajstić information content (AvgIpc) is 3.34. The Morgan fingerprint density at radius 1 is 0.917 bits per heavy atom. The smallest absolute Gasteiger partial charge is 0.330 e. The third-order valence-corrected chi connectivity index (χ3v) is 4.29. The highest BCUT2D eigenvalue weighted by molar-refractivity contribution is 5.82. The summed E-state index contributed by atoms with van der Waals surface area (Å²) < 4.78 is 10.3. The van der Waals surface area contributed by atoms with Crippen molar-refractivity contribution in [3.8, 4) is 0 Å². The van der Waals surface area contributed by atoms with E-state index in [0.717, 1.165) is 6.42 Å². The van der Waals surface area contributed by atoms with Gasteiger partial charge < -0.3 is 9.47 Å². The van der Waals surface area contributed by atoms with Gasteiger partial charge in [-0.25, -0.2) is 4.79 Å². The van der Waals surface area contributed by atoms with Crippen LogP contribution in [0.2, 0.25) is 0 Å². The topological polar surface area (TPSA) is 38.8 Å². The van der Waals surface area contributed by atoms with Crippen molar-refractivity contribution in [2.45, 2.75) is 83.3 Å². The maximum atomic E-state index is 10.8. The second kappa shape index (κ2) is 14.0. The molecular formula is C21H34O3. The van der Waals surface area contributed by atoms with E-state index in [1.54, 1.807) is 6.08 Å². The molecule has 0 bridgehead atoms. The summed E-state index contributed by atoms with van der Waals surface area (Å²) >= 11 is 0. The van der Waals surface area contributed by atoms with Crippen molar-refractivity contribution in [3.63, 3.8) is 0 Å². The molecule has 1 heterocycles. The lowest BCUT2D eigenvalue weighted by Crippen LogP contribution is -1.94. The van der Waals surface area contributed by atoms with Crippen molar-refractivity contribution in [3.05, 3.63) is 36.5 Å². The lowest BCUT2D eigenvalue weighted by atomic mass is 10.1. The van der Waals surface area contributed by atoms with Gasteiger partial charge >= 0.3 is 5.97 Å². The first-order chi connectivity index (χ1) is 11.8. The van der Waals surface area contributed by atoms with Crippen molar-refractivity contribution in [2.24, 2.45) is 0 Å². The molecule has 1 rings (SSSR count). The van der Waals surface area contributed by atoms with E-state index in [9.17, 15) is 4.79 Å². The van der Waals surface area contributed by atoms with Crippen LogP contribution in [-0.4, -0.2) is 25.3 Å². The molecule has 0 aromatic carbocycles. The van der Waals surface area contributed by atoms with Gasteiger partial charge in [-0.05, 0) is 25.7 Å². The van der Waals surface area contributed by atoms with E-state index in [1.807, 2.05) is 18.2 Å². The van der Waals surface area contributed by atoms with Crippen LogP contribution in [0, 0.1) is 0 Å². The molecule has 0 radical (unpaired) electrons. The highest BCUT2D eigenvalue weighted by Crippen LogP contribution is 2.31. The highest BCUT2D eigenvalue weighted by Gasteiger charge is 2.36. The molecule has 1 saturated heterocycles. The molecule has 1 aliphatic heterocycles. The molecule has 0 aliphatic carbocycles. The van der Waals surface area contributed by atoms with Crippen LogP contribution in [0.5, 0.6) is 0 Å². The normalized spacial score (nSPS) is 20.4. The Morgan fingerprint density at radius 2 is 1.58 bits per heavy atom. The second-order valence-corrected chi connectivity index (χ2v) is 6.40. The Hall–Kier alpha value is -1.35. The molecule has 0 N–H and O–H groups in total. The molecular weight excluding hydrogens is 300 g/mol. The van der Waals surface area contributed by atoms with Gasteiger partial charge in [-0.1, -0.05) is 75.8 Å². The molecule has 0 aromatic heterocycles. The van der Waals surface area contributed by atoms with Crippen LogP contribution in [0.25, 0.3) is 0 Å². The first-order valence-corrected chi connectivity index (χ1v) is 9.51. The Kier molecular flexibility index (Phi) is 12.1. The van der Waals surface area contributed by atoms with E-state index in [1.165, 1.54) is 71.0 Å². The van der Waals surface area contributed by atoms with Gasteiger partial charge in [0, 0.05) is 6.08 Å². The average molecular weight is 335 g/mol. The largest absolute Gasteiger partial charge is 0.466 e. The van der Waals surface area contributed by atoms with Gasteiger partial charge in [-0.2, -0.15) is 0 Å². The van der Waals surface area contributed by atoms with Gasteiger partial charge in [0.2, 0.25) is 0 Å². The number of epoxide rings is 1. The molecule has 0 amide bonds. The number of hydrogen-bond acceptors (Lipinski definition) is 3. The molecule has 2 atom stereocenters. The van der Waals surface area contributed by atoms with Gasteiger partial charge in [-0.15, -0.1) is 0 Å². The minimum Gasteiger partial charge on any atom is -0.466 e. The lowest BCUT2D eigenvalue weighted by molar-refractivity contribution is -0.134. The highest BCUT2D eigenvalue weighted by atomic mass is 16.6. The van der Waals surface area contributed by atoms with E-state index in [2.05, 4.69) is 17.7 Å². The fourth-order valence-electron chi connectivity index (χ4n) is 2.76. The van der Waals surface area contributed by atoms with Crippen molar-refractivity contribution in [1.29, 1.82) is 0 Å². The summed E-state index contributed by atoms with van der Waals surface area (Å²) in [5, 5.41) is 0.